The minimum atomic E-state index is -0.646. The van der Waals surface area contributed by atoms with Gasteiger partial charge in [0.2, 0.25) is 0 Å². The van der Waals surface area contributed by atoms with E-state index in [0.717, 1.165) is 16.7 Å². The summed E-state index contributed by atoms with van der Waals surface area (Å²) < 4.78 is 16.0. The molecule has 0 aliphatic carbocycles. The zero-order valence-corrected chi connectivity index (χ0v) is 12.7. The molecule has 22 heavy (non-hydrogen) atoms. The third-order valence-electron chi connectivity index (χ3n) is 3.89. The SMILES string of the molecule is COC(=O)c1ccc(-c2ccc(C3(C)OCCO3)cc2)cc1. The molecule has 0 amide bonds. The standard InChI is InChI=1S/C18H18O4/c1-18(21-11-12-22-18)16-9-7-14(8-10-16)13-3-5-15(6-4-13)17(19)20-2/h3-10H,11-12H2,1-2H3. The lowest BCUT2D eigenvalue weighted by atomic mass is 10.00. The largest absolute Gasteiger partial charge is 0.465 e. The Hall–Kier alpha value is -2.17. The van der Waals surface area contributed by atoms with E-state index >= 15 is 0 Å². The van der Waals surface area contributed by atoms with Crippen LogP contribution in [0.3, 0.4) is 0 Å². The van der Waals surface area contributed by atoms with Crippen LogP contribution in [0, 0.1) is 0 Å². The first-order valence-corrected chi connectivity index (χ1v) is 7.19. The topological polar surface area (TPSA) is 44.8 Å². The van der Waals surface area contributed by atoms with Gasteiger partial charge in [0.05, 0.1) is 25.9 Å². The Morgan fingerprint density at radius 3 is 1.95 bits per heavy atom. The number of methoxy groups -OCH3 is 1. The Morgan fingerprint density at radius 2 is 1.45 bits per heavy atom. The molecule has 0 bridgehead atoms. The summed E-state index contributed by atoms with van der Waals surface area (Å²) in [5.74, 6) is -0.974. The molecule has 1 aliphatic heterocycles. The van der Waals surface area contributed by atoms with Crippen LogP contribution in [0.15, 0.2) is 48.5 Å². The zero-order chi connectivity index (χ0) is 15.6. The zero-order valence-electron chi connectivity index (χ0n) is 12.7. The number of benzene rings is 2. The molecule has 0 saturated carbocycles. The lowest BCUT2D eigenvalue weighted by Gasteiger charge is -2.22. The molecule has 0 unspecified atom stereocenters. The fourth-order valence-corrected chi connectivity index (χ4v) is 2.56. The average molecular weight is 298 g/mol. The highest BCUT2D eigenvalue weighted by Gasteiger charge is 2.32. The second-order valence-electron chi connectivity index (χ2n) is 5.29. The molecule has 0 radical (unpaired) electrons. The molecule has 0 spiro atoms. The van der Waals surface area contributed by atoms with Crippen LogP contribution in [0.5, 0.6) is 0 Å². The maximum Gasteiger partial charge on any atom is 0.337 e. The number of esters is 1. The molecule has 3 rings (SSSR count). The first kappa shape index (κ1) is 14.8. The maximum atomic E-state index is 11.4. The molecule has 1 saturated heterocycles. The number of rotatable bonds is 3. The maximum absolute atomic E-state index is 11.4. The molecule has 0 N–H and O–H groups in total. The fourth-order valence-electron chi connectivity index (χ4n) is 2.56. The van der Waals surface area contributed by atoms with Crippen LogP contribution < -0.4 is 0 Å². The Balaban J connectivity index is 1.82. The molecule has 0 atom stereocenters. The van der Waals surface area contributed by atoms with Crippen LogP contribution in [-0.2, 0) is 20.0 Å². The molecular weight excluding hydrogens is 280 g/mol. The number of hydrogen-bond acceptors (Lipinski definition) is 4. The van der Waals surface area contributed by atoms with Crippen molar-refractivity contribution in [2.24, 2.45) is 0 Å². The van der Waals surface area contributed by atoms with Crippen molar-refractivity contribution in [3.05, 3.63) is 59.7 Å². The Labute approximate surface area is 129 Å². The van der Waals surface area contributed by atoms with Gasteiger partial charge in [-0.1, -0.05) is 36.4 Å². The highest BCUT2D eigenvalue weighted by atomic mass is 16.7. The van der Waals surface area contributed by atoms with Crippen LogP contribution in [0.25, 0.3) is 11.1 Å². The third-order valence-corrected chi connectivity index (χ3v) is 3.89. The quantitative estimate of drug-likeness (QED) is 0.815. The van der Waals surface area contributed by atoms with Crippen LogP contribution in [0.2, 0.25) is 0 Å². The third kappa shape index (κ3) is 2.75. The minimum Gasteiger partial charge on any atom is -0.465 e. The van der Waals surface area contributed by atoms with Crippen molar-refractivity contribution >= 4 is 5.97 Å². The first-order chi connectivity index (χ1) is 10.6. The van der Waals surface area contributed by atoms with E-state index in [2.05, 4.69) is 0 Å². The summed E-state index contributed by atoms with van der Waals surface area (Å²) in [6.45, 7) is 3.17. The van der Waals surface area contributed by atoms with Gasteiger partial charge >= 0.3 is 5.97 Å². The fraction of sp³-hybridized carbons (Fsp3) is 0.278. The molecule has 2 aromatic rings. The predicted octanol–water partition coefficient (Wildman–Crippen LogP) is 3.36. The highest BCUT2D eigenvalue weighted by molar-refractivity contribution is 5.89. The van der Waals surface area contributed by atoms with E-state index in [1.807, 2.05) is 43.3 Å². The number of carbonyl (C=O) groups is 1. The van der Waals surface area contributed by atoms with E-state index in [0.29, 0.717) is 18.8 Å². The van der Waals surface area contributed by atoms with Gasteiger partial charge in [0, 0.05) is 5.56 Å². The summed E-state index contributed by atoms with van der Waals surface area (Å²) in [6, 6.07) is 15.4. The van der Waals surface area contributed by atoms with E-state index in [-0.39, 0.29) is 5.97 Å². The summed E-state index contributed by atoms with van der Waals surface area (Å²) in [5.41, 5.74) is 3.66. The summed E-state index contributed by atoms with van der Waals surface area (Å²) in [6.07, 6.45) is 0. The Bertz CT molecular complexity index is 652. The monoisotopic (exact) mass is 298 g/mol. The molecule has 4 heteroatoms. The summed E-state index contributed by atoms with van der Waals surface area (Å²) in [7, 11) is 1.38. The molecule has 0 aromatic heterocycles. The molecule has 1 aliphatic rings. The minimum absolute atomic E-state index is 0.328. The smallest absolute Gasteiger partial charge is 0.337 e. The second-order valence-corrected chi connectivity index (χ2v) is 5.29. The van der Waals surface area contributed by atoms with Crippen molar-refractivity contribution in [2.75, 3.05) is 20.3 Å². The van der Waals surface area contributed by atoms with Crippen LogP contribution in [-0.4, -0.2) is 26.3 Å². The van der Waals surface area contributed by atoms with Crippen molar-refractivity contribution in [2.45, 2.75) is 12.7 Å². The normalized spacial score (nSPS) is 16.5. The van der Waals surface area contributed by atoms with Gasteiger partial charge in [-0.05, 0) is 30.2 Å². The summed E-state index contributed by atoms with van der Waals surface area (Å²) in [5, 5.41) is 0. The van der Waals surface area contributed by atoms with E-state index in [4.69, 9.17) is 14.2 Å². The van der Waals surface area contributed by atoms with E-state index in [1.54, 1.807) is 12.1 Å². The van der Waals surface area contributed by atoms with E-state index in [9.17, 15) is 4.79 Å². The Morgan fingerprint density at radius 1 is 0.955 bits per heavy atom. The van der Waals surface area contributed by atoms with Crippen LogP contribution in [0.4, 0.5) is 0 Å². The predicted molar refractivity (Wildman–Crippen MR) is 82.5 cm³/mol. The van der Waals surface area contributed by atoms with Crippen LogP contribution in [0.1, 0.15) is 22.8 Å². The van der Waals surface area contributed by atoms with Crippen molar-refractivity contribution in [3.8, 4) is 11.1 Å². The second kappa shape index (κ2) is 5.91. The van der Waals surface area contributed by atoms with Gasteiger partial charge in [-0.2, -0.15) is 0 Å². The van der Waals surface area contributed by atoms with Gasteiger partial charge in [-0.3, -0.25) is 0 Å². The number of carbonyl (C=O) groups excluding carboxylic acids is 1. The molecule has 1 heterocycles. The van der Waals surface area contributed by atoms with Crippen molar-refractivity contribution < 1.29 is 19.0 Å². The summed E-state index contributed by atoms with van der Waals surface area (Å²) in [4.78, 5) is 11.4. The van der Waals surface area contributed by atoms with Gasteiger partial charge in [0.1, 0.15) is 0 Å². The highest BCUT2D eigenvalue weighted by Crippen LogP contribution is 2.32. The molecule has 114 valence electrons. The summed E-state index contributed by atoms with van der Waals surface area (Å²) >= 11 is 0. The molecule has 4 nitrogen and oxygen atoms in total. The van der Waals surface area contributed by atoms with Gasteiger partial charge in [-0.15, -0.1) is 0 Å². The Kier molecular flexibility index (Phi) is 3.96. The lowest BCUT2D eigenvalue weighted by molar-refractivity contribution is -0.149. The molecular formula is C18H18O4. The van der Waals surface area contributed by atoms with E-state index < -0.39 is 5.79 Å². The van der Waals surface area contributed by atoms with Crippen molar-refractivity contribution in [1.29, 1.82) is 0 Å². The van der Waals surface area contributed by atoms with Gasteiger partial charge in [-0.25, -0.2) is 4.79 Å². The molecule has 1 fully saturated rings. The number of hydrogen-bond donors (Lipinski definition) is 0. The van der Waals surface area contributed by atoms with Crippen molar-refractivity contribution in [1.82, 2.24) is 0 Å². The molecule has 2 aromatic carbocycles. The average Bonchev–Trinajstić information content (AvgIpc) is 3.02. The lowest BCUT2D eigenvalue weighted by Crippen LogP contribution is -2.22. The first-order valence-electron chi connectivity index (χ1n) is 7.19. The number of ether oxygens (including phenoxy) is 3. The van der Waals surface area contributed by atoms with Gasteiger partial charge in [0.25, 0.3) is 0 Å². The van der Waals surface area contributed by atoms with Gasteiger partial charge < -0.3 is 14.2 Å². The van der Waals surface area contributed by atoms with Crippen LogP contribution >= 0.6 is 0 Å². The van der Waals surface area contributed by atoms with Gasteiger partial charge in [0.15, 0.2) is 5.79 Å². The van der Waals surface area contributed by atoms with Crippen molar-refractivity contribution in [3.63, 3.8) is 0 Å². The van der Waals surface area contributed by atoms with E-state index in [1.165, 1.54) is 7.11 Å².